The summed E-state index contributed by atoms with van der Waals surface area (Å²) in [7, 11) is 0. The van der Waals surface area contributed by atoms with Crippen LogP contribution in [-0.4, -0.2) is 26.8 Å². The number of phenols is 1. The first-order valence-corrected chi connectivity index (χ1v) is 13.8. The molecule has 1 unspecified atom stereocenters. The fraction of sp³-hybridized carbons (Fsp3) is 0.212. The molecule has 0 spiro atoms. The minimum absolute atomic E-state index is 0.0708. The molecular weight excluding hydrogens is 549 g/mol. The highest BCUT2D eigenvalue weighted by Crippen LogP contribution is 2.51. The van der Waals surface area contributed by atoms with E-state index in [9.17, 15) is 14.7 Å². The summed E-state index contributed by atoms with van der Waals surface area (Å²) in [5.74, 6) is -1.61. The van der Waals surface area contributed by atoms with Gasteiger partial charge in [-0.2, -0.15) is 0 Å². The minimum atomic E-state index is -1.22. The Bertz CT molecular complexity index is 1770. The van der Waals surface area contributed by atoms with E-state index in [1.54, 1.807) is 18.2 Å². The van der Waals surface area contributed by atoms with Gasteiger partial charge in [-0.1, -0.05) is 50.2 Å². The van der Waals surface area contributed by atoms with Gasteiger partial charge in [0.25, 0.3) is 5.91 Å². The molecule has 4 aromatic rings. The number of benzene rings is 3. The van der Waals surface area contributed by atoms with E-state index >= 15 is 4.39 Å². The van der Waals surface area contributed by atoms with Crippen LogP contribution in [0.25, 0.3) is 0 Å². The van der Waals surface area contributed by atoms with Gasteiger partial charge in [-0.15, -0.1) is 0 Å². The standard InChI is InChI=1S/C33H30FN5O4/c1-33(2)16-23-27(26(41)17-33)30(21-12-11-20(15-22(21)34)43-18-19-7-4-3-5-8-19)39(24-9-6-10-25(40)28(24)38-23)32(42)29-31(35)37-14-13-36-29/h3-15,30,38,40H,16-18H2,1-2H3,(H2,35,37). The van der Waals surface area contributed by atoms with Crippen LogP contribution in [0.2, 0.25) is 0 Å². The molecule has 1 aromatic heterocycles. The smallest absolute Gasteiger partial charge is 0.281 e. The number of ketones is 1. The van der Waals surface area contributed by atoms with Gasteiger partial charge < -0.3 is 20.9 Å². The minimum Gasteiger partial charge on any atom is -0.506 e. The largest absolute Gasteiger partial charge is 0.506 e. The van der Waals surface area contributed by atoms with E-state index in [1.807, 2.05) is 44.2 Å². The van der Waals surface area contributed by atoms with Crippen LogP contribution in [-0.2, 0) is 11.4 Å². The number of phenolic OH excluding ortho intramolecular Hbond substituents is 1. The number of hydrogen-bond donors (Lipinski definition) is 3. The highest BCUT2D eigenvalue weighted by Gasteiger charge is 2.45. The molecule has 1 aliphatic heterocycles. The monoisotopic (exact) mass is 579 g/mol. The number of aromatic nitrogens is 2. The van der Waals surface area contributed by atoms with E-state index in [4.69, 9.17) is 10.5 Å². The number of fused-ring (bicyclic) bond motifs is 1. The second kappa shape index (κ2) is 10.9. The van der Waals surface area contributed by atoms with Gasteiger partial charge in [0.2, 0.25) is 0 Å². The first-order valence-electron chi connectivity index (χ1n) is 13.8. The molecule has 218 valence electrons. The molecule has 2 aliphatic rings. The molecule has 0 radical (unpaired) electrons. The van der Waals surface area contributed by atoms with Gasteiger partial charge in [-0.05, 0) is 41.7 Å². The Morgan fingerprint density at radius 2 is 1.86 bits per heavy atom. The summed E-state index contributed by atoms with van der Waals surface area (Å²) in [6.45, 7) is 4.16. The Labute approximate surface area is 247 Å². The summed E-state index contributed by atoms with van der Waals surface area (Å²) in [6.07, 6.45) is 3.29. The van der Waals surface area contributed by atoms with Crippen LogP contribution in [0.5, 0.6) is 11.5 Å². The first kappa shape index (κ1) is 27.9. The molecule has 10 heteroatoms. The fourth-order valence-electron chi connectivity index (χ4n) is 5.75. The highest BCUT2D eigenvalue weighted by atomic mass is 19.1. The predicted octanol–water partition coefficient (Wildman–Crippen LogP) is 5.94. The Hall–Kier alpha value is -5.25. The molecule has 0 saturated heterocycles. The molecule has 0 fully saturated rings. The summed E-state index contributed by atoms with van der Waals surface area (Å²) in [4.78, 5) is 37.7. The lowest BCUT2D eigenvalue weighted by Crippen LogP contribution is -2.40. The van der Waals surface area contributed by atoms with E-state index in [1.165, 1.54) is 35.5 Å². The number of aromatic hydroxyl groups is 1. The molecule has 3 aromatic carbocycles. The van der Waals surface area contributed by atoms with E-state index in [0.29, 0.717) is 12.1 Å². The summed E-state index contributed by atoms with van der Waals surface area (Å²) >= 11 is 0. The third-order valence-electron chi connectivity index (χ3n) is 7.67. The van der Waals surface area contributed by atoms with Gasteiger partial charge in [-0.3, -0.25) is 14.5 Å². The van der Waals surface area contributed by atoms with Crippen LogP contribution in [0.3, 0.4) is 0 Å². The average Bonchev–Trinajstić information content (AvgIpc) is 3.11. The third-order valence-corrected chi connectivity index (χ3v) is 7.67. The van der Waals surface area contributed by atoms with Crippen LogP contribution in [0.1, 0.15) is 54.3 Å². The SMILES string of the molecule is CC1(C)CC(=O)C2=C(C1)Nc1c(O)cccc1N(C(=O)c1nccnc1N)C2c1ccc(OCc2ccccc2)cc1F. The van der Waals surface area contributed by atoms with Crippen molar-refractivity contribution in [2.75, 3.05) is 16.0 Å². The first-order chi connectivity index (χ1) is 20.6. The number of amides is 1. The molecular formula is C33H30FN5O4. The van der Waals surface area contributed by atoms with Crippen molar-refractivity contribution in [3.8, 4) is 11.5 Å². The number of Topliss-reactive ketones (excluding diaryl/α,β-unsaturated/α-hetero) is 1. The van der Waals surface area contributed by atoms with Crippen molar-refractivity contribution < 1.29 is 23.8 Å². The molecule has 43 heavy (non-hydrogen) atoms. The fourth-order valence-corrected chi connectivity index (χ4v) is 5.75. The number of nitrogens with two attached hydrogens (primary N) is 1. The number of rotatable bonds is 5. The molecule has 9 nitrogen and oxygen atoms in total. The second-order valence-corrected chi connectivity index (χ2v) is 11.5. The van der Waals surface area contributed by atoms with E-state index in [0.717, 1.165) is 5.56 Å². The van der Waals surface area contributed by atoms with Gasteiger partial charge in [0, 0.05) is 41.7 Å². The van der Waals surface area contributed by atoms with Crippen molar-refractivity contribution in [3.63, 3.8) is 0 Å². The van der Waals surface area contributed by atoms with Crippen LogP contribution in [0.4, 0.5) is 21.6 Å². The molecule has 0 saturated carbocycles. The van der Waals surface area contributed by atoms with Crippen molar-refractivity contribution in [2.24, 2.45) is 5.41 Å². The number of anilines is 3. The van der Waals surface area contributed by atoms with Crippen molar-refractivity contribution in [2.45, 2.75) is 39.3 Å². The summed E-state index contributed by atoms with van der Waals surface area (Å²) < 4.78 is 22.1. The van der Waals surface area contributed by atoms with Crippen molar-refractivity contribution in [3.05, 3.63) is 113 Å². The Balaban J connectivity index is 1.54. The van der Waals surface area contributed by atoms with Crippen molar-refractivity contribution in [1.29, 1.82) is 0 Å². The number of carbonyl (C=O) groups is 2. The lowest BCUT2D eigenvalue weighted by atomic mass is 9.73. The lowest BCUT2D eigenvalue weighted by molar-refractivity contribution is -0.118. The number of nitrogens with one attached hydrogen (secondary N) is 1. The number of nitrogen functional groups attached to an aromatic ring is 1. The molecule has 2 heterocycles. The topological polar surface area (TPSA) is 131 Å². The third kappa shape index (κ3) is 5.27. The zero-order valence-corrected chi connectivity index (χ0v) is 23.7. The van der Waals surface area contributed by atoms with Gasteiger partial charge in [0.05, 0.1) is 11.7 Å². The summed E-state index contributed by atoms with van der Waals surface area (Å²) in [6, 6.07) is 17.3. The molecule has 1 aliphatic carbocycles. The van der Waals surface area contributed by atoms with Crippen LogP contribution in [0, 0.1) is 11.2 Å². The van der Waals surface area contributed by atoms with Crippen LogP contribution >= 0.6 is 0 Å². The molecule has 4 N–H and O–H groups in total. The Morgan fingerprint density at radius 3 is 2.60 bits per heavy atom. The van der Waals surface area contributed by atoms with E-state index < -0.39 is 23.2 Å². The summed E-state index contributed by atoms with van der Waals surface area (Å²) in [5.41, 5.74) is 7.64. The Kier molecular flexibility index (Phi) is 7.05. The number of para-hydroxylation sites is 1. The van der Waals surface area contributed by atoms with Gasteiger partial charge in [0.1, 0.15) is 29.6 Å². The number of halogens is 1. The lowest BCUT2D eigenvalue weighted by Gasteiger charge is -2.37. The number of allylic oxidation sites excluding steroid dienone is 1. The number of ether oxygens (including phenoxy) is 1. The van der Waals surface area contributed by atoms with Crippen LogP contribution in [0.15, 0.2) is 90.4 Å². The summed E-state index contributed by atoms with van der Waals surface area (Å²) in [5, 5.41) is 14.2. The van der Waals surface area contributed by atoms with E-state index in [2.05, 4.69) is 15.3 Å². The van der Waals surface area contributed by atoms with Crippen LogP contribution < -0.4 is 20.7 Å². The van der Waals surface area contributed by atoms with Gasteiger partial charge in [0.15, 0.2) is 17.3 Å². The Morgan fingerprint density at radius 1 is 1.09 bits per heavy atom. The second-order valence-electron chi connectivity index (χ2n) is 11.5. The van der Waals surface area contributed by atoms with Crippen molar-refractivity contribution in [1.82, 2.24) is 9.97 Å². The van der Waals surface area contributed by atoms with E-state index in [-0.39, 0.29) is 64.3 Å². The molecule has 1 atom stereocenters. The maximum atomic E-state index is 16.2. The zero-order valence-electron chi connectivity index (χ0n) is 23.7. The number of carbonyl (C=O) groups excluding carboxylic acids is 2. The number of hydrogen-bond acceptors (Lipinski definition) is 8. The maximum Gasteiger partial charge on any atom is 0.281 e. The molecule has 6 rings (SSSR count). The normalized spacial score (nSPS) is 17.4. The van der Waals surface area contributed by atoms with Gasteiger partial charge in [-0.25, -0.2) is 14.4 Å². The molecule has 1 amide bonds. The average molecular weight is 580 g/mol. The maximum absolute atomic E-state index is 16.2. The van der Waals surface area contributed by atoms with Crippen molar-refractivity contribution >= 4 is 28.9 Å². The molecule has 0 bridgehead atoms. The number of nitrogens with zero attached hydrogens (tertiary/aromatic N) is 3. The predicted molar refractivity (Wildman–Crippen MR) is 160 cm³/mol. The zero-order chi connectivity index (χ0) is 30.3. The van der Waals surface area contributed by atoms with Gasteiger partial charge >= 0.3 is 0 Å². The highest BCUT2D eigenvalue weighted by molar-refractivity contribution is 6.13. The quantitative estimate of drug-likeness (QED) is 0.248.